The normalized spacial score (nSPS) is 12.1. The molecular weight excluding hydrogens is 256 g/mol. The number of rotatable bonds is 4. The highest BCUT2D eigenvalue weighted by molar-refractivity contribution is 6.75. The standard InChI is InChI=1S/C15H22O3Si/c1-15(2,3)19(4,5)18-14(17)13-9-7-6-8-12(13)10-11-16/h6-9,11H,10H2,1-5H3. The van der Waals surface area contributed by atoms with Gasteiger partial charge in [0, 0.05) is 6.42 Å². The summed E-state index contributed by atoms with van der Waals surface area (Å²) in [7, 11) is -2.13. The van der Waals surface area contributed by atoms with Crippen molar-refractivity contribution in [3.63, 3.8) is 0 Å². The van der Waals surface area contributed by atoms with Gasteiger partial charge in [0.2, 0.25) is 0 Å². The SMILES string of the molecule is CC(C)(C)[Si](C)(C)OC(=O)c1ccccc1CC=O. The fourth-order valence-electron chi connectivity index (χ4n) is 1.43. The van der Waals surface area contributed by atoms with Gasteiger partial charge in [-0.2, -0.15) is 0 Å². The third kappa shape index (κ3) is 3.77. The van der Waals surface area contributed by atoms with Crippen LogP contribution in [-0.4, -0.2) is 20.6 Å². The molecule has 0 unspecified atom stereocenters. The smallest absolute Gasteiger partial charge is 0.325 e. The Kier molecular flexibility index (Phi) is 4.69. The lowest BCUT2D eigenvalue weighted by atomic mass is 10.1. The van der Waals surface area contributed by atoms with Crippen LogP contribution in [0.2, 0.25) is 18.1 Å². The van der Waals surface area contributed by atoms with Crippen LogP contribution in [-0.2, 0) is 15.6 Å². The average molecular weight is 278 g/mol. The molecule has 0 aliphatic heterocycles. The number of hydrogen-bond acceptors (Lipinski definition) is 3. The molecule has 0 saturated carbocycles. The molecule has 19 heavy (non-hydrogen) atoms. The largest absolute Gasteiger partial charge is 0.516 e. The van der Waals surface area contributed by atoms with Crippen LogP contribution in [0.1, 0.15) is 36.7 Å². The van der Waals surface area contributed by atoms with Gasteiger partial charge in [0.25, 0.3) is 8.32 Å². The van der Waals surface area contributed by atoms with Crippen molar-refractivity contribution in [2.24, 2.45) is 0 Å². The number of carbonyl (C=O) groups is 2. The molecule has 1 rings (SSSR count). The summed E-state index contributed by atoms with van der Waals surface area (Å²) < 4.78 is 5.76. The van der Waals surface area contributed by atoms with E-state index < -0.39 is 8.32 Å². The van der Waals surface area contributed by atoms with Gasteiger partial charge in [-0.15, -0.1) is 0 Å². The van der Waals surface area contributed by atoms with Crippen LogP contribution in [0, 0.1) is 0 Å². The minimum absolute atomic E-state index is 0.0255. The summed E-state index contributed by atoms with van der Waals surface area (Å²) in [4.78, 5) is 22.9. The van der Waals surface area contributed by atoms with E-state index in [2.05, 4.69) is 20.8 Å². The molecule has 0 aliphatic rings. The predicted octanol–water partition coefficient (Wildman–Crippen LogP) is 3.59. The minimum atomic E-state index is -2.13. The first-order chi connectivity index (χ1) is 8.69. The molecule has 1 aromatic carbocycles. The van der Waals surface area contributed by atoms with E-state index >= 15 is 0 Å². The van der Waals surface area contributed by atoms with E-state index in [9.17, 15) is 9.59 Å². The minimum Gasteiger partial charge on any atom is -0.516 e. The van der Waals surface area contributed by atoms with Crippen molar-refractivity contribution in [1.29, 1.82) is 0 Å². The van der Waals surface area contributed by atoms with Gasteiger partial charge in [-0.05, 0) is 29.8 Å². The van der Waals surface area contributed by atoms with E-state index in [1.54, 1.807) is 18.2 Å². The molecule has 0 saturated heterocycles. The van der Waals surface area contributed by atoms with Crippen LogP contribution in [0.15, 0.2) is 24.3 Å². The summed E-state index contributed by atoms with van der Waals surface area (Å²) in [5.74, 6) is -0.316. The van der Waals surface area contributed by atoms with Crippen LogP contribution in [0.4, 0.5) is 0 Å². The molecule has 0 atom stereocenters. The molecule has 0 spiro atoms. The highest BCUT2D eigenvalue weighted by Gasteiger charge is 2.40. The van der Waals surface area contributed by atoms with Crippen LogP contribution in [0.5, 0.6) is 0 Å². The van der Waals surface area contributed by atoms with E-state index in [1.165, 1.54) is 0 Å². The van der Waals surface area contributed by atoms with Gasteiger partial charge in [0.05, 0.1) is 5.56 Å². The Morgan fingerprint density at radius 3 is 2.37 bits per heavy atom. The Labute approximate surface area is 116 Å². The van der Waals surface area contributed by atoms with Crippen molar-refractivity contribution >= 4 is 20.6 Å². The van der Waals surface area contributed by atoms with Crippen molar-refractivity contribution in [3.8, 4) is 0 Å². The maximum atomic E-state index is 12.3. The summed E-state index contributed by atoms with van der Waals surface area (Å²) in [5.41, 5.74) is 1.22. The maximum absolute atomic E-state index is 12.3. The summed E-state index contributed by atoms with van der Waals surface area (Å²) in [5, 5.41) is -0.0255. The maximum Gasteiger partial charge on any atom is 0.325 e. The molecule has 0 fully saturated rings. The summed E-state index contributed by atoms with van der Waals surface area (Å²) in [6.45, 7) is 10.3. The fourth-order valence-corrected chi connectivity index (χ4v) is 2.31. The van der Waals surface area contributed by atoms with Crippen molar-refractivity contribution in [1.82, 2.24) is 0 Å². The lowest BCUT2D eigenvalue weighted by Crippen LogP contribution is -2.42. The molecule has 0 radical (unpaired) electrons. The van der Waals surface area contributed by atoms with Gasteiger partial charge in [-0.1, -0.05) is 39.0 Å². The first-order valence-corrected chi connectivity index (χ1v) is 9.35. The second kappa shape index (κ2) is 5.69. The number of benzene rings is 1. The fraction of sp³-hybridized carbons (Fsp3) is 0.467. The predicted molar refractivity (Wildman–Crippen MR) is 78.8 cm³/mol. The average Bonchev–Trinajstić information content (AvgIpc) is 2.28. The zero-order valence-corrected chi connectivity index (χ0v) is 13.3. The molecule has 0 heterocycles. The first kappa shape index (κ1) is 15.6. The molecule has 4 heteroatoms. The van der Waals surface area contributed by atoms with Gasteiger partial charge in [0.1, 0.15) is 6.29 Å². The molecule has 0 amide bonds. The number of hydrogen-bond donors (Lipinski definition) is 0. The van der Waals surface area contributed by atoms with Gasteiger partial charge >= 0.3 is 5.97 Å². The zero-order chi connectivity index (χ0) is 14.7. The van der Waals surface area contributed by atoms with Gasteiger partial charge in [-0.25, -0.2) is 4.79 Å². The molecular formula is C15H22O3Si. The second-order valence-electron chi connectivity index (χ2n) is 6.18. The Balaban J connectivity index is 2.99. The Morgan fingerprint density at radius 1 is 1.26 bits per heavy atom. The van der Waals surface area contributed by atoms with Crippen molar-refractivity contribution in [3.05, 3.63) is 35.4 Å². The Bertz CT molecular complexity index is 473. The number of aldehydes is 1. The molecule has 1 aromatic rings. The lowest BCUT2D eigenvalue weighted by Gasteiger charge is -2.35. The molecule has 3 nitrogen and oxygen atoms in total. The summed E-state index contributed by atoms with van der Waals surface area (Å²) in [6, 6.07) is 7.11. The molecule has 104 valence electrons. The molecule has 0 aliphatic carbocycles. The Morgan fingerprint density at radius 2 is 1.84 bits per heavy atom. The van der Waals surface area contributed by atoms with Crippen LogP contribution < -0.4 is 0 Å². The summed E-state index contributed by atoms with van der Waals surface area (Å²) >= 11 is 0. The van der Waals surface area contributed by atoms with Crippen LogP contribution in [0.25, 0.3) is 0 Å². The second-order valence-corrected chi connectivity index (χ2v) is 10.9. The molecule has 0 aromatic heterocycles. The van der Waals surface area contributed by atoms with Crippen LogP contribution >= 0.6 is 0 Å². The zero-order valence-electron chi connectivity index (χ0n) is 12.3. The van der Waals surface area contributed by atoms with E-state index in [1.807, 2.05) is 19.2 Å². The highest BCUT2D eigenvalue weighted by atomic mass is 28.4. The van der Waals surface area contributed by atoms with E-state index in [-0.39, 0.29) is 17.4 Å². The van der Waals surface area contributed by atoms with E-state index in [0.717, 1.165) is 11.8 Å². The van der Waals surface area contributed by atoms with Gasteiger partial charge < -0.3 is 9.22 Å². The first-order valence-electron chi connectivity index (χ1n) is 6.44. The third-order valence-corrected chi connectivity index (χ3v) is 8.00. The lowest BCUT2D eigenvalue weighted by molar-refractivity contribution is -0.107. The van der Waals surface area contributed by atoms with Crippen molar-refractivity contribution in [2.45, 2.75) is 45.3 Å². The van der Waals surface area contributed by atoms with E-state index in [0.29, 0.717) is 5.56 Å². The van der Waals surface area contributed by atoms with E-state index in [4.69, 9.17) is 4.43 Å². The number of carbonyl (C=O) groups excluding carboxylic acids is 2. The monoisotopic (exact) mass is 278 g/mol. The topological polar surface area (TPSA) is 43.4 Å². The van der Waals surface area contributed by atoms with Crippen molar-refractivity contribution < 1.29 is 14.0 Å². The van der Waals surface area contributed by atoms with Gasteiger partial charge in [0.15, 0.2) is 0 Å². The van der Waals surface area contributed by atoms with Crippen LogP contribution in [0.3, 0.4) is 0 Å². The molecule has 0 N–H and O–H groups in total. The third-order valence-electron chi connectivity index (χ3n) is 3.69. The summed E-state index contributed by atoms with van der Waals surface area (Å²) in [6.07, 6.45) is 1.04. The Hall–Kier alpha value is -1.42. The van der Waals surface area contributed by atoms with Gasteiger partial charge in [-0.3, -0.25) is 0 Å². The molecule has 0 bridgehead atoms. The highest BCUT2D eigenvalue weighted by Crippen LogP contribution is 2.37. The van der Waals surface area contributed by atoms with Crippen molar-refractivity contribution in [2.75, 3.05) is 0 Å². The quantitative estimate of drug-likeness (QED) is 0.624.